The molecule has 5 heteroatoms. The number of benzene rings is 2. The Labute approximate surface area is 156 Å². The van der Waals surface area contributed by atoms with Crippen molar-refractivity contribution in [2.24, 2.45) is 4.99 Å². The van der Waals surface area contributed by atoms with Gasteiger partial charge in [0.1, 0.15) is 0 Å². The summed E-state index contributed by atoms with van der Waals surface area (Å²) in [5.74, 6) is 0.798. The molecule has 0 fully saturated rings. The van der Waals surface area contributed by atoms with Crippen LogP contribution in [0.15, 0.2) is 47.5 Å². The molecule has 0 bridgehead atoms. The van der Waals surface area contributed by atoms with Crippen LogP contribution in [-0.4, -0.2) is 33.3 Å². The topological polar surface area (TPSA) is 57.7 Å². The average molecular weight is 354 g/mol. The van der Waals surface area contributed by atoms with Crippen LogP contribution in [0, 0.1) is 13.8 Å². The highest BCUT2D eigenvalue weighted by Crippen LogP contribution is 2.10. The van der Waals surface area contributed by atoms with Crippen molar-refractivity contribution in [3.8, 4) is 0 Å². The Morgan fingerprint density at radius 1 is 1.00 bits per heavy atom. The monoisotopic (exact) mass is 354 g/mol. The van der Waals surface area contributed by atoms with E-state index in [1.165, 1.54) is 22.3 Å². The second kappa shape index (κ2) is 10.5. The maximum Gasteiger partial charge on any atom is 0.191 e. The maximum absolute atomic E-state index is 5.04. The van der Waals surface area contributed by atoms with Crippen LogP contribution < -0.4 is 16.0 Å². The molecule has 0 saturated carbocycles. The molecule has 0 radical (unpaired) electrons. The zero-order valence-corrected chi connectivity index (χ0v) is 16.2. The van der Waals surface area contributed by atoms with Crippen molar-refractivity contribution in [2.45, 2.75) is 26.9 Å². The van der Waals surface area contributed by atoms with E-state index in [0.717, 1.165) is 31.3 Å². The minimum Gasteiger partial charge on any atom is -0.383 e. The molecular weight excluding hydrogens is 324 g/mol. The molecule has 0 aliphatic rings. The molecule has 0 amide bonds. The third-order valence-electron chi connectivity index (χ3n) is 4.22. The molecule has 3 N–H and O–H groups in total. The molecule has 0 unspecified atom stereocenters. The van der Waals surface area contributed by atoms with E-state index in [2.05, 4.69) is 77.3 Å². The first-order chi connectivity index (χ1) is 12.6. The number of aliphatic imine (C=N–C) groups is 1. The van der Waals surface area contributed by atoms with Gasteiger partial charge in [0, 0.05) is 39.5 Å². The molecule has 140 valence electrons. The number of hydrogen-bond donors (Lipinski definition) is 3. The van der Waals surface area contributed by atoms with E-state index >= 15 is 0 Å². The quantitative estimate of drug-likeness (QED) is 0.387. The second-order valence-corrected chi connectivity index (χ2v) is 6.33. The smallest absolute Gasteiger partial charge is 0.191 e. The summed E-state index contributed by atoms with van der Waals surface area (Å²) < 4.78 is 5.04. The number of nitrogens with one attached hydrogen (secondary N) is 3. The third-order valence-corrected chi connectivity index (χ3v) is 4.22. The van der Waals surface area contributed by atoms with E-state index in [0.29, 0.717) is 6.61 Å². The molecule has 0 spiro atoms. The molecule has 5 nitrogen and oxygen atoms in total. The highest BCUT2D eigenvalue weighted by atomic mass is 16.5. The standard InChI is InChI=1S/C21H30N4O/c1-16-5-8-19(17(2)13-16)15-25-21(22-3)24-14-18-6-9-20(10-7-18)23-11-12-26-4/h5-10,13,23H,11-12,14-15H2,1-4H3,(H2,22,24,25). The fourth-order valence-electron chi connectivity index (χ4n) is 2.67. The van der Waals surface area contributed by atoms with Gasteiger partial charge in [-0.15, -0.1) is 0 Å². The lowest BCUT2D eigenvalue weighted by Gasteiger charge is -2.14. The van der Waals surface area contributed by atoms with Gasteiger partial charge in [-0.2, -0.15) is 0 Å². The summed E-state index contributed by atoms with van der Waals surface area (Å²) in [5, 5.41) is 10.0. The lowest BCUT2D eigenvalue weighted by atomic mass is 10.1. The van der Waals surface area contributed by atoms with Crippen molar-refractivity contribution >= 4 is 11.6 Å². The zero-order valence-electron chi connectivity index (χ0n) is 16.2. The van der Waals surface area contributed by atoms with Crippen molar-refractivity contribution in [2.75, 3.05) is 32.6 Å². The highest BCUT2D eigenvalue weighted by molar-refractivity contribution is 5.79. The molecule has 0 heterocycles. The molecule has 26 heavy (non-hydrogen) atoms. The van der Waals surface area contributed by atoms with Crippen LogP contribution in [0.1, 0.15) is 22.3 Å². The van der Waals surface area contributed by atoms with Crippen LogP contribution in [0.3, 0.4) is 0 Å². The summed E-state index contributed by atoms with van der Waals surface area (Å²) in [4.78, 5) is 4.30. The van der Waals surface area contributed by atoms with Gasteiger partial charge in [0.05, 0.1) is 6.61 Å². The number of hydrogen-bond acceptors (Lipinski definition) is 3. The molecule has 2 aromatic rings. The molecule has 0 aliphatic carbocycles. The van der Waals surface area contributed by atoms with E-state index in [-0.39, 0.29) is 0 Å². The molecule has 0 atom stereocenters. The van der Waals surface area contributed by atoms with Gasteiger partial charge in [-0.3, -0.25) is 4.99 Å². The van der Waals surface area contributed by atoms with Crippen LogP contribution in [0.2, 0.25) is 0 Å². The van der Waals surface area contributed by atoms with Crippen LogP contribution in [0.5, 0.6) is 0 Å². The number of methoxy groups -OCH3 is 1. The SMILES string of the molecule is CN=C(NCc1ccc(NCCOC)cc1)NCc1ccc(C)cc1C. The summed E-state index contributed by atoms with van der Waals surface area (Å²) in [7, 11) is 3.50. The van der Waals surface area contributed by atoms with Gasteiger partial charge in [-0.05, 0) is 42.7 Å². The van der Waals surface area contributed by atoms with E-state index < -0.39 is 0 Å². The Morgan fingerprint density at radius 2 is 1.73 bits per heavy atom. The zero-order chi connectivity index (χ0) is 18.8. The molecular formula is C21H30N4O. The number of nitrogens with zero attached hydrogens (tertiary/aromatic N) is 1. The summed E-state index contributed by atoms with van der Waals surface area (Å²) in [6, 6.07) is 14.9. The maximum atomic E-state index is 5.04. The molecule has 0 aromatic heterocycles. The number of rotatable bonds is 8. The Bertz CT molecular complexity index is 710. The van der Waals surface area contributed by atoms with Gasteiger partial charge >= 0.3 is 0 Å². The Balaban J connectivity index is 1.81. The first kappa shape index (κ1) is 19.8. The van der Waals surface area contributed by atoms with Gasteiger partial charge in [0.2, 0.25) is 0 Å². The van der Waals surface area contributed by atoms with Gasteiger partial charge in [0.15, 0.2) is 5.96 Å². The van der Waals surface area contributed by atoms with Crippen LogP contribution >= 0.6 is 0 Å². The van der Waals surface area contributed by atoms with Crippen molar-refractivity contribution in [3.05, 3.63) is 64.7 Å². The van der Waals surface area contributed by atoms with Gasteiger partial charge < -0.3 is 20.7 Å². The summed E-state index contributed by atoms with van der Waals surface area (Å²) in [5.41, 5.74) is 6.17. The van der Waals surface area contributed by atoms with E-state index in [9.17, 15) is 0 Å². The summed E-state index contributed by atoms with van der Waals surface area (Å²) >= 11 is 0. The number of aryl methyl sites for hydroxylation is 2. The minimum absolute atomic E-state index is 0.700. The fraction of sp³-hybridized carbons (Fsp3) is 0.381. The molecule has 0 aliphatic heterocycles. The Kier molecular flexibility index (Phi) is 7.96. The van der Waals surface area contributed by atoms with E-state index in [4.69, 9.17) is 4.74 Å². The third kappa shape index (κ3) is 6.41. The van der Waals surface area contributed by atoms with E-state index in [1.807, 2.05) is 0 Å². The first-order valence-corrected chi connectivity index (χ1v) is 8.94. The minimum atomic E-state index is 0.700. The Hall–Kier alpha value is -2.53. The number of ether oxygens (including phenoxy) is 1. The van der Waals surface area contributed by atoms with Gasteiger partial charge in [-0.25, -0.2) is 0 Å². The van der Waals surface area contributed by atoms with Crippen molar-refractivity contribution in [1.82, 2.24) is 10.6 Å². The van der Waals surface area contributed by atoms with Crippen molar-refractivity contribution in [1.29, 1.82) is 0 Å². The highest BCUT2D eigenvalue weighted by Gasteiger charge is 2.02. The number of guanidine groups is 1. The van der Waals surface area contributed by atoms with Crippen LogP contribution in [0.25, 0.3) is 0 Å². The summed E-state index contributed by atoms with van der Waals surface area (Å²) in [6.45, 7) is 7.25. The number of anilines is 1. The first-order valence-electron chi connectivity index (χ1n) is 8.94. The lowest BCUT2D eigenvalue weighted by molar-refractivity contribution is 0.211. The molecule has 2 rings (SSSR count). The predicted molar refractivity (Wildman–Crippen MR) is 110 cm³/mol. The van der Waals surface area contributed by atoms with Crippen LogP contribution in [0.4, 0.5) is 5.69 Å². The molecule has 0 saturated heterocycles. The summed E-state index contributed by atoms with van der Waals surface area (Å²) in [6.07, 6.45) is 0. The molecule has 2 aromatic carbocycles. The Morgan fingerprint density at radius 3 is 2.38 bits per heavy atom. The average Bonchev–Trinajstić information content (AvgIpc) is 2.64. The van der Waals surface area contributed by atoms with Gasteiger partial charge in [0.25, 0.3) is 0 Å². The van der Waals surface area contributed by atoms with Gasteiger partial charge in [-0.1, -0.05) is 35.9 Å². The second-order valence-electron chi connectivity index (χ2n) is 6.33. The van der Waals surface area contributed by atoms with Crippen molar-refractivity contribution < 1.29 is 4.74 Å². The largest absolute Gasteiger partial charge is 0.383 e. The predicted octanol–water partition coefficient (Wildman–Crippen LogP) is 3.23. The fourth-order valence-corrected chi connectivity index (χ4v) is 2.67. The normalized spacial score (nSPS) is 11.3. The van der Waals surface area contributed by atoms with E-state index in [1.54, 1.807) is 14.2 Å². The van der Waals surface area contributed by atoms with Crippen molar-refractivity contribution in [3.63, 3.8) is 0 Å². The lowest BCUT2D eigenvalue weighted by Crippen LogP contribution is -2.36. The van der Waals surface area contributed by atoms with Crippen LogP contribution in [-0.2, 0) is 17.8 Å².